The zero-order chi connectivity index (χ0) is 12.8. The van der Waals surface area contributed by atoms with Gasteiger partial charge >= 0.3 is 0 Å². The molecule has 4 nitrogen and oxygen atoms in total. The van der Waals surface area contributed by atoms with Gasteiger partial charge in [-0.3, -0.25) is 0 Å². The van der Waals surface area contributed by atoms with E-state index in [2.05, 4.69) is 29.1 Å². The first kappa shape index (κ1) is 13.9. The molecule has 96 valence electrons. The summed E-state index contributed by atoms with van der Waals surface area (Å²) in [6, 6.07) is 2.35. The number of aromatic nitrogens is 2. The van der Waals surface area contributed by atoms with Crippen molar-refractivity contribution in [2.24, 2.45) is 0 Å². The van der Waals surface area contributed by atoms with Gasteiger partial charge in [0, 0.05) is 18.0 Å². The van der Waals surface area contributed by atoms with Gasteiger partial charge in [-0.25, -0.2) is 4.98 Å². The van der Waals surface area contributed by atoms with Crippen LogP contribution in [0, 0.1) is 6.92 Å². The van der Waals surface area contributed by atoms with Crippen molar-refractivity contribution in [1.29, 1.82) is 0 Å². The average Bonchev–Trinajstić information content (AvgIpc) is 2.29. The summed E-state index contributed by atoms with van der Waals surface area (Å²) in [4.78, 5) is 8.80. The molecule has 1 aromatic heterocycles. The lowest BCUT2D eigenvalue weighted by Gasteiger charge is -2.22. The van der Waals surface area contributed by atoms with Gasteiger partial charge in [0.25, 0.3) is 0 Å². The van der Waals surface area contributed by atoms with E-state index in [0.29, 0.717) is 24.4 Å². The number of nitrogens with zero attached hydrogens (tertiary/aromatic N) is 2. The highest BCUT2D eigenvalue weighted by Gasteiger charge is 2.19. The lowest BCUT2D eigenvalue weighted by atomic mass is 9.94. The SMILES string of the molecule is CCOc1cc(C(CC)C(C)NC)nc(C)n1. The van der Waals surface area contributed by atoms with Crippen LogP contribution < -0.4 is 10.1 Å². The van der Waals surface area contributed by atoms with Gasteiger partial charge in [0.1, 0.15) is 5.82 Å². The first-order chi connectivity index (χ1) is 8.12. The van der Waals surface area contributed by atoms with E-state index in [1.165, 1.54) is 0 Å². The fourth-order valence-electron chi connectivity index (χ4n) is 1.99. The Morgan fingerprint density at radius 2 is 2.06 bits per heavy atom. The fraction of sp³-hybridized carbons (Fsp3) is 0.692. The summed E-state index contributed by atoms with van der Waals surface area (Å²) < 4.78 is 5.46. The molecule has 1 heterocycles. The molecule has 1 aromatic rings. The molecule has 2 unspecified atom stereocenters. The summed E-state index contributed by atoms with van der Waals surface area (Å²) in [5.74, 6) is 1.84. The molecular weight excluding hydrogens is 214 g/mol. The van der Waals surface area contributed by atoms with E-state index >= 15 is 0 Å². The number of rotatable bonds is 6. The van der Waals surface area contributed by atoms with Crippen molar-refractivity contribution >= 4 is 0 Å². The standard InChI is InChI=1S/C13H23N3O/c1-6-11(9(3)14-5)12-8-13(17-7-2)16-10(4)15-12/h8-9,11,14H,6-7H2,1-5H3. The number of hydrogen-bond acceptors (Lipinski definition) is 4. The summed E-state index contributed by atoms with van der Waals surface area (Å²) in [7, 11) is 1.98. The molecule has 0 spiro atoms. The molecule has 0 aliphatic carbocycles. The number of aryl methyl sites for hydroxylation is 1. The Labute approximate surface area is 104 Å². The molecule has 0 saturated heterocycles. The average molecular weight is 237 g/mol. The Morgan fingerprint density at radius 1 is 1.35 bits per heavy atom. The number of likely N-dealkylation sites (N-methyl/N-ethyl adjacent to an activating group) is 1. The Morgan fingerprint density at radius 3 is 2.59 bits per heavy atom. The molecule has 0 radical (unpaired) electrons. The topological polar surface area (TPSA) is 47.0 Å². The Hall–Kier alpha value is -1.16. The monoisotopic (exact) mass is 237 g/mol. The molecule has 2 atom stereocenters. The predicted octanol–water partition coefficient (Wildman–Crippen LogP) is 2.29. The van der Waals surface area contributed by atoms with Gasteiger partial charge in [-0.2, -0.15) is 4.98 Å². The molecule has 0 aliphatic rings. The van der Waals surface area contributed by atoms with Gasteiger partial charge < -0.3 is 10.1 Å². The maximum atomic E-state index is 5.46. The highest BCUT2D eigenvalue weighted by Crippen LogP contribution is 2.24. The maximum absolute atomic E-state index is 5.46. The quantitative estimate of drug-likeness (QED) is 0.824. The first-order valence-electron chi connectivity index (χ1n) is 6.28. The molecule has 0 bridgehead atoms. The predicted molar refractivity (Wildman–Crippen MR) is 69.5 cm³/mol. The van der Waals surface area contributed by atoms with Crippen molar-refractivity contribution in [3.8, 4) is 5.88 Å². The third-order valence-corrected chi connectivity index (χ3v) is 3.01. The number of hydrogen-bond donors (Lipinski definition) is 1. The maximum Gasteiger partial charge on any atom is 0.216 e. The lowest BCUT2D eigenvalue weighted by molar-refractivity contribution is 0.323. The van der Waals surface area contributed by atoms with E-state index in [1.807, 2.05) is 27.0 Å². The minimum absolute atomic E-state index is 0.390. The second kappa shape index (κ2) is 6.55. The van der Waals surface area contributed by atoms with Gasteiger partial charge in [0.05, 0.1) is 12.3 Å². The summed E-state index contributed by atoms with van der Waals surface area (Å²) in [5, 5.41) is 3.28. The first-order valence-corrected chi connectivity index (χ1v) is 6.28. The fourth-order valence-corrected chi connectivity index (χ4v) is 1.99. The Bertz CT molecular complexity index is 355. The van der Waals surface area contributed by atoms with E-state index in [1.54, 1.807) is 0 Å². The second-order valence-corrected chi connectivity index (χ2v) is 4.20. The van der Waals surface area contributed by atoms with E-state index in [0.717, 1.165) is 17.9 Å². The minimum Gasteiger partial charge on any atom is -0.478 e. The molecule has 0 saturated carbocycles. The van der Waals surface area contributed by atoms with E-state index < -0.39 is 0 Å². The summed E-state index contributed by atoms with van der Waals surface area (Å²) >= 11 is 0. The van der Waals surface area contributed by atoms with Gasteiger partial charge in [-0.05, 0) is 34.2 Å². The van der Waals surface area contributed by atoms with Crippen molar-refractivity contribution < 1.29 is 4.74 Å². The van der Waals surface area contributed by atoms with Crippen LogP contribution in [0.25, 0.3) is 0 Å². The van der Waals surface area contributed by atoms with Crippen LogP contribution in [-0.2, 0) is 0 Å². The minimum atomic E-state index is 0.390. The molecule has 0 aromatic carbocycles. The third-order valence-electron chi connectivity index (χ3n) is 3.01. The van der Waals surface area contributed by atoms with E-state index in [-0.39, 0.29) is 0 Å². The molecule has 0 amide bonds. The molecule has 0 fully saturated rings. The van der Waals surface area contributed by atoms with Gasteiger partial charge in [-0.15, -0.1) is 0 Å². The van der Waals surface area contributed by atoms with Crippen molar-refractivity contribution in [2.45, 2.75) is 46.1 Å². The zero-order valence-corrected chi connectivity index (χ0v) is 11.4. The number of nitrogens with one attached hydrogen (secondary N) is 1. The van der Waals surface area contributed by atoms with Gasteiger partial charge in [0.2, 0.25) is 5.88 Å². The van der Waals surface area contributed by atoms with Crippen LogP contribution in [0.4, 0.5) is 0 Å². The lowest BCUT2D eigenvalue weighted by Crippen LogP contribution is -2.29. The molecule has 4 heteroatoms. The van der Waals surface area contributed by atoms with Crippen molar-refractivity contribution in [2.75, 3.05) is 13.7 Å². The second-order valence-electron chi connectivity index (χ2n) is 4.20. The van der Waals surface area contributed by atoms with Crippen LogP contribution in [0.3, 0.4) is 0 Å². The van der Waals surface area contributed by atoms with Crippen LogP contribution in [0.1, 0.15) is 44.6 Å². The van der Waals surface area contributed by atoms with Crippen molar-refractivity contribution in [1.82, 2.24) is 15.3 Å². The summed E-state index contributed by atoms with van der Waals surface area (Å²) in [6.45, 7) is 8.85. The highest BCUT2D eigenvalue weighted by atomic mass is 16.5. The zero-order valence-electron chi connectivity index (χ0n) is 11.4. The van der Waals surface area contributed by atoms with Crippen molar-refractivity contribution in [3.63, 3.8) is 0 Å². The van der Waals surface area contributed by atoms with Gasteiger partial charge in [0.15, 0.2) is 0 Å². The smallest absolute Gasteiger partial charge is 0.216 e. The summed E-state index contributed by atoms with van der Waals surface area (Å²) in [5.41, 5.74) is 1.06. The third kappa shape index (κ3) is 3.66. The van der Waals surface area contributed by atoms with Crippen LogP contribution in [0.5, 0.6) is 5.88 Å². The van der Waals surface area contributed by atoms with Crippen LogP contribution in [0.15, 0.2) is 6.07 Å². The van der Waals surface area contributed by atoms with Crippen molar-refractivity contribution in [3.05, 3.63) is 17.6 Å². The number of ether oxygens (including phenoxy) is 1. The largest absolute Gasteiger partial charge is 0.478 e. The van der Waals surface area contributed by atoms with Crippen LogP contribution >= 0.6 is 0 Å². The molecule has 0 aliphatic heterocycles. The highest BCUT2D eigenvalue weighted by molar-refractivity contribution is 5.20. The Balaban J connectivity index is 3.01. The molecular formula is C13H23N3O. The molecule has 1 N–H and O–H groups in total. The summed E-state index contributed by atoms with van der Waals surface area (Å²) in [6.07, 6.45) is 1.05. The molecule has 17 heavy (non-hydrogen) atoms. The van der Waals surface area contributed by atoms with Gasteiger partial charge in [-0.1, -0.05) is 6.92 Å². The Kier molecular flexibility index (Phi) is 5.35. The van der Waals surface area contributed by atoms with E-state index in [4.69, 9.17) is 4.74 Å². The van der Waals surface area contributed by atoms with E-state index in [9.17, 15) is 0 Å². The normalized spacial score (nSPS) is 14.4. The molecule has 1 rings (SSSR count). The van der Waals surface area contributed by atoms with Crippen LogP contribution in [0.2, 0.25) is 0 Å². The van der Waals surface area contributed by atoms with Crippen LogP contribution in [-0.4, -0.2) is 29.7 Å².